The summed E-state index contributed by atoms with van der Waals surface area (Å²) in [6.45, 7) is 0.592. The molecule has 3 nitrogen and oxygen atoms in total. The maximum atomic E-state index is 12.3. The van der Waals surface area contributed by atoms with Gasteiger partial charge in [-0.25, -0.2) is 0 Å². The molecule has 126 valence electrons. The second-order valence-electron chi connectivity index (χ2n) is 5.54. The lowest BCUT2D eigenvalue weighted by atomic mass is 10.2. The van der Waals surface area contributed by atoms with Crippen LogP contribution in [0.25, 0.3) is 0 Å². The van der Waals surface area contributed by atoms with E-state index in [0.717, 1.165) is 12.2 Å². The topological polar surface area (TPSA) is 38.3 Å². The molecule has 0 saturated carbocycles. The molecular formula is C21H18ClNO2. The summed E-state index contributed by atoms with van der Waals surface area (Å²) in [6, 6.07) is 24.4. The van der Waals surface area contributed by atoms with Crippen LogP contribution in [-0.4, -0.2) is 12.5 Å². The normalized spacial score (nSPS) is 10.3. The number of nitrogens with one attached hydrogen (secondary N) is 1. The van der Waals surface area contributed by atoms with E-state index >= 15 is 0 Å². The molecule has 0 aliphatic rings. The molecule has 0 spiro atoms. The van der Waals surface area contributed by atoms with E-state index in [9.17, 15) is 4.79 Å². The average Bonchev–Trinajstić information content (AvgIpc) is 2.65. The largest absolute Gasteiger partial charge is 0.493 e. The maximum absolute atomic E-state index is 12.3. The summed E-state index contributed by atoms with van der Waals surface area (Å²) in [7, 11) is 0. The molecule has 1 N–H and O–H groups in total. The van der Waals surface area contributed by atoms with Gasteiger partial charge < -0.3 is 10.1 Å². The minimum absolute atomic E-state index is 0.205. The van der Waals surface area contributed by atoms with Crippen LogP contribution >= 0.6 is 11.6 Å². The van der Waals surface area contributed by atoms with Crippen LogP contribution in [0.3, 0.4) is 0 Å². The highest BCUT2D eigenvalue weighted by molar-refractivity contribution is 6.33. The Morgan fingerprint density at radius 1 is 0.880 bits per heavy atom. The second-order valence-corrected chi connectivity index (χ2v) is 5.95. The Balaban J connectivity index is 1.54. The standard InChI is InChI=1S/C21H18ClNO2/c22-19-8-4-5-9-20(19)23-21(24)17-10-12-18(13-11-17)25-15-14-16-6-2-1-3-7-16/h1-13H,14-15H2,(H,23,24). The van der Waals surface area contributed by atoms with Gasteiger partial charge in [0, 0.05) is 12.0 Å². The smallest absolute Gasteiger partial charge is 0.255 e. The molecule has 4 heteroatoms. The summed E-state index contributed by atoms with van der Waals surface area (Å²) in [6.07, 6.45) is 0.843. The van der Waals surface area contributed by atoms with Crippen LogP contribution in [0.5, 0.6) is 5.75 Å². The molecule has 0 aliphatic heterocycles. The molecule has 3 rings (SSSR count). The van der Waals surface area contributed by atoms with Crippen molar-refractivity contribution in [2.24, 2.45) is 0 Å². The van der Waals surface area contributed by atoms with Gasteiger partial charge in [0.15, 0.2) is 0 Å². The van der Waals surface area contributed by atoms with Crippen LogP contribution < -0.4 is 10.1 Å². The van der Waals surface area contributed by atoms with Gasteiger partial charge in [0.2, 0.25) is 0 Å². The van der Waals surface area contributed by atoms with E-state index in [-0.39, 0.29) is 5.91 Å². The zero-order valence-electron chi connectivity index (χ0n) is 13.6. The minimum Gasteiger partial charge on any atom is -0.493 e. The third-order valence-corrected chi connectivity index (χ3v) is 4.07. The summed E-state index contributed by atoms with van der Waals surface area (Å²) in [5.74, 6) is 0.536. The average molecular weight is 352 g/mol. The Kier molecular flexibility index (Phi) is 5.70. The van der Waals surface area contributed by atoms with Crippen molar-refractivity contribution < 1.29 is 9.53 Å². The molecule has 0 unspecified atom stereocenters. The number of amides is 1. The first kappa shape index (κ1) is 17.1. The zero-order valence-corrected chi connectivity index (χ0v) is 14.4. The third kappa shape index (κ3) is 4.85. The van der Waals surface area contributed by atoms with Gasteiger partial charge in [-0.1, -0.05) is 54.1 Å². The molecule has 3 aromatic rings. The Hall–Kier alpha value is -2.78. The quantitative estimate of drug-likeness (QED) is 0.661. The van der Waals surface area contributed by atoms with Crippen LogP contribution in [0, 0.1) is 0 Å². The van der Waals surface area contributed by atoms with E-state index < -0.39 is 0 Å². The van der Waals surface area contributed by atoms with E-state index in [4.69, 9.17) is 16.3 Å². The lowest BCUT2D eigenvalue weighted by Gasteiger charge is -2.09. The molecule has 1 amide bonds. The summed E-state index contributed by atoms with van der Waals surface area (Å²) in [5.41, 5.74) is 2.38. The molecule has 25 heavy (non-hydrogen) atoms. The molecule has 0 aromatic heterocycles. The fraction of sp³-hybridized carbons (Fsp3) is 0.0952. The van der Waals surface area contributed by atoms with Gasteiger partial charge in [-0.05, 0) is 42.0 Å². The van der Waals surface area contributed by atoms with E-state index in [1.54, 1.807) is 36.4 Å². The summed E-state index contributed by atoms with van der Waals surface area (Å²) < 4.78 is 5.73. The van der Waals surface area contributed by atoms with Crippen LogP contribution in [0.1, 0.15) is 15.9 Å². The highest BCUT2D eigenvalue weighted by atomic mass is 35.5. The number of halogens is 1. The van der Waals surface area contributed by atoms with Crippen molar-refractivity contribution in [3.63, 3.8) is 0 Å². The SMILES string of the molecule is O=C(Nc1ccccc1Cl)c1ccc(OCCc2ccccc2)cc1. The van der Waals surface area contributed by atoms with E-state index in [2.05, 4.69) is 17.4 Å². The lowest BCUT2D eigenvalue weighted by Crippen LogP contribution is -2.12. The number of carbonyl (C=O) groups is 1. The number of ether oxygens (including phenoxy) is 1. The van der Waals surface area contributed by atoms with Gasteiger partial charge in [-0.2, -0.15) is 0 Å². The van der Waals surface area contributed by atoms with Crippen molar-refractivity contribution in [2.45, 2.75) is 6.42 Å². The van der Waals surface area contributed by atoms with Crippen molar-refractivity contribution in [2.75, 3.05) is 11.9 Å². The zero-order chi connectivity index (χ0) is 17.5. The molecular weight excluding hydrogens is 334 g/mol. The van der Waals surface area contributed by atoms with Crippen molar-refractivity contribution >= 4 is 23.2 Å². The first-order chi connectivity index (χ1) is 12.2. The number of hydrogen-bond donors (Lipinski definition) is 1. The highest BCUT2D eigenvalue weighted by Crippen LogP contribution is 2.21. The first-order valence-electron chi connectivity index (χ1n) is 8.05. The van der Waals surface area contributed by atoms with Crippen molar-refractivity contribution in [3.8, 4) is 5.75 Å². The fourth-order valence-corrected chi connectivity index (χ4v) is 2.57. The third-order valence-electron chi connectivity index (χ3n) is 3.74. The van der Waals surface area contributed by atoms with Gasteiger partial charge in [0.05, 0.1) is 17.3 Å². The maximum Gasteiger partial charge on any atom is 0.255 e. The minimum atomic E-state index is -0.205. The molecule has 0 heterocycles. The Morgan fingerprint density at radius 3 is 2.28 bits per heavy atom. The fourth-order valence-electron chi connectivity index (χ4n) is 2.39. The Bertz CT molecular complexity index is 832. The van der Waals surface area contributed by atoms with Gasteiger partial charge in [0.1, 0.15) is 5.75 Å². The summed E-state index contributed by atoms with van der Waals surface area (Å²) in [5, 5.41) is 3.31. The van der Waals surface area contributed by atoms with Gasteiger partial charge >= 0.3 is 0 Å². The van der Waals surface area contributed by atoms with Crippen molar-refractivity contribution in [1.82, 2.24) is 0 Å². The number of para-hydroxylation sites is 1. The number of hydrogen-bond acceptors (Lipinski definition) is 2. The van der Waals surface area contributed by atoms with Crippen LogP contribution in [-0.2, 0) is 6.42 Å². The van der Waals surface area contributed by atoms with Crippen LogP contribution in [0.4, 0.5) is 5.69 Å². The number of benzene rings is 3. The van der Waals surface area contributed by atoms with Gasteiger partial charge in [0.25, 0.3) is 5.91 Å². The van der Waals surface area contributed by atoms with Crippen molar-refractivity contribution in [1.29, 1.82) is 0 Å². The lowest BCUT2D eigenvalue weighted by molar-refractivity contribution is 0.102. The molecule has 0 radical (unpaired) electrons. The van der Waals surface area contributed by atoms with Gasteiger partial charge in [-0.15, -0.1) is 0 Å². The number of rotatable bonds is 6. The Labute approximate surface area is 152 Å². The molecule has 0 atom stereocenters. The van der Waals surface area contributed by atoms with E-state index in [1.165, 1.54) is 5.56 Å². The summed E-state index contributed by atoms with van der Waals surface area (Å²) in [4.78, 5) is 12.3. The number of anilines is 1. The van der Waals surface area contributed by atoms with E-state index in [1.807, 2.05) is 30.3 Å². The van der Waals surface area contributed by atoms with Crippen LogP contribution in [0.2, 0.25) is 5.02 Å². The molecule has 0 aliphatic carbocycles. The van der Waals surface area contributed by atoms with Crippen LogP contribution in [0.15, 0.2) is 78.9 Å². The van der Waals surface area contributed by atoms with Crippen molar-refractivity contribution in [3.05, 3.63) is 95.0 Å². The molecule has 0 saturated heterocycles. The van der Waals surface area contributed by atoms with E-state index in [0.29, 0.717) is 22.9 Å². The predicted octanol–water partition coefficient (Wildman–Crippen LogP) is 5.21. The Morgan fingerprint density at radius 2 is 1.56 bits per heavy atom. The van der Waals surface area contributed by atoms with Gasteiger partial charge in [-0.3, -0.25) is 4.79 Å². The number of carbonyl (C=O) groups excluding carboxylic acids is 1. The second kappa shape index (κ2) is 8.36. The molecule has 0 fully saturated rings. The summed E-state index contributed by atoms with van der Waals surface area (Å²) >= 11 is 6.05. The molecule has 0 bridgehead atoms. The predicted molar refractivity (Wildman–Crippen MR) is 101 cm³/mol. The molecule has 3 aromatic carbocycles. The highest BCUT2D eigenvalue weighted by Gasteiger charge is 2.08. The monoisotopic (exact) mass is 351 g/mol. The first-order valence-corrected chi connectivity index (χ1v) is 8.43.